The fourth-order valence-electron chi connectivity index (χ4n) is 1.68. The zero-order valence-corrected chi connectivity index (χ0v) is 13.0. The Morgan fingerprint density at radius 3 is 1.79 bits per heavy atom. The molecular weight excluding hydrogens is 351 g/mol. The van der Waals surface area contributed by atoms with Crippen LogP contribution >= 0.6 is 22.6 Å². The summed E-state index contributed by atoms with van der Waals surface area (Å²) < 4.78 is 11.5. The van der Waals surface area contributed by atoms with E-state index in [4.69, 9.17) is 9.47 Å². The van der Waals surface area contributed by atoms with Gasteiger partial charge in [-0.2, -0.15) is 0 Å². The van der Waals surface area contributed by atoms with Crippen LogP contribution in [-0.2, 0) is 0 Å². The minimum atomic E-state index is 0.872. The van der Waals surface area contributed by atoms with Gasteiger partial charge in [0.25, 0.3) is 0 Å². The van der Waals surface area contributed by atoms with Gasteiger partial charge < -0.3 is 9.47 Å². The molecule has 2 nitrogen and oxygen atoms in total. The first-order valence-electron chi connectivity index (χ1n) is 5.88. The van der Waals surface area contributed by atoms with Crippen LogP contribution in [-0.4, -0.2) is 14.2 Å². The van der Waals surface area contributed by atoms with Crippen molar-refractivity contribution in [1.82, 2.24) is 0 Å². The lowest BCUT2D eigenvalue weighted by Gasteiger charge is -2.04. The monoisotopic (exact) mass is 366 g/mol. The lowest BCUT2D eigenvalue weighted by Crippen LogP contribution is -1.83. The third-order valence-electron chi connectivity index (χ3n) is 2.77. The molecule has 0 spiro atoms. The van der Waals surface area contributed by atoms with Gasteiger partial charge in [-0.25, -0.2) is 0 Å². The van der Waals surface area contributed by atoms with Gasteiger partial charge in [-0.05, 0) is 64.1 Å². The maximum absolute atomic E-state index is 5.16. The Bertz CT molecular complexity index is 556. The molecule has 0 fully saturated rings. The van der Waals surface area contributed by atoms with Crippen LogP contribution in [0.3, 0.4) is 0 Å². The van der Waals surface area contributed by atoms with Crippen LogP contribution in [0.1, 0.15) is 11.1 Å². The van der Waals surface area contributed by atoms with Crippen molar-refractivity contribution in [2.45, 2.75) is 0 Å². The molecule has 0 saturated heterocycles. The molecule has 0 amide bonds. The molecule has 0 aliphatic carbocycles. The summed E-state index contributed by atoms with van der Waals surface area (Å²) >= 11 is 2.34. The second-order valence-electron chi connectivity index (χ2n) is 3.99. The highest BCUT2D eigenvalue weighted by molar-refractivity contribution is 14.1. The number of hydrogen-bond donors (Lipinski definition) is 0. The molecule has 0 N–H and O–H groups in total. The molecule has 0 atom stereocenters. The number of halogens is 1. The molecule has 0 aromatic heterocycles. The number of rotatable bonds is 4. The molecule has 3 heteroatoms. The highest BCUT2D eigenvalue weighted by atomic mass is 127. The van der Waals surface area contributed by atoms with Gasteiger partial charge in [0.15, 0.2) is 0 Å². The predicted octanol–water partition coefficient (Wildman–Crippen LogP) is 4.64. The first kappa shape index (κ1) is 13.9. The Kier molecular flexibility index (Phi) is 4.85. The maximum Gasteiger partial charge on any atom is 0.118 e. The van der Waals surface area contributed by atoms with E-state index in [0.717, 1.165) is 17.1 Å². The smallest absolute Gasteiger partial charge is 0.118 e. The average Bonchev–Trinajstić information content (AvgIpc) is 2.48. The van der Waals surface area contributed by atoms with Crippen molar-refractivity contribution in [3.63, 3.8) is 0 Å². The molecular formula is C16H15IO2. The quantitative estimate of drug-likeness (QED) is 0.580. The highest BCUT2D eigenvalue weighted by Crippen LogP contribution is 2.27. The summed E-state index contributed by atoms with van der Waals surface area (Å²) in [5, 5.41) is 0. The third kappa shape index (κ3) is 3.73. The molecule has 2 aromatic carbocycles. The van der Waals surface area contributed by atoms with Crippen molar-refractivity contribution < 1.29 is 9.47 Å². The third-order valence-corrected chi connectivity index (χ3v) is 3.71. The number of methoxy groups -OCH3 is 2. The van der Waals surface area contributed by atoms with E-state index in [2.05, 4.69) is 40.8 Å². The molecule has 0 radical (unpaired) electrons. The molecule has 19 heavy (non-hydrogen) atoms. The van der Waals surface area contributed by atoms with Crippen molar-refractivity contribution in [2.24, 2.45) is 0 Å². The van der Waals surface area contributed by atoms with Crippen LogP contribution in [0, 0.1) is 0 Å². The standard InChI is InChI=1S/C16H15IO2/c1-18-14-7-3-12(4-8-14)11-16(17)13-5-9-15(19-2)10-6-13/h3-11H,1-2H3/b16-11+. The zero-order valence-electron chi connectivity index (χ0n) is 10.9. The molecule has 0 aliphatic rings. The minimum absolute atomic E-state index is 0.872. The van der Waals surface area contributed by atoms with E-state index in [1.165, 1.54) is 9.14 Å². The van der Waals surface area contributed by atoms with Crippen LogP contribution in [0.15, 0.2) is 48.5 Å². The molecule has 98 valence electrons. The second-order valence-corrected chi connectivity index (χ2v) is 5.16. The summed E-state index contributed by atoms with van der Waals surface area (Å²) in [6, 6.07) is 16.1. The van der Waals surface area contributed by atoms with Crippen LogP contribution < -0.4 is 9.47 Å². The molecule has 0 unspecified atom stereocenters. The van der Waals surface area contributed by atoms with Gasteiger partial charge in [-0.3, -0.25) is 0 Å². The van der Waals surface area contributed by atoms with Crippen molar-refractivity contribution in [3.8, 4) is 11.5 Å². The van der Waals surface area contributed by atoms with Gasteiger partial charge in [-0.1, -0.05) is 24.3 Å². The maximum atomic E-state index is 5.16. The van der Waals surface area contributed by atoms with Crippen LogP contribution in [0.25, 0.3) is 9.66 Å². The summed E-state index contributed by atoms with van der Waals surface area (Å²) in [4.78, 5) is 0. The SMILES string of the molecule is COc1ccc(/C=C(/I)c2ccc(OC)cc2)cc1. The Morgan fingerprint density at radius 2 is 1.32 bits per heavy atom. The molecule has 0 heterocycles. The van der Waals surface area contributed by atoms with E-state index in [1.807, 2.05) is 36.4 Å². The van der Waals surface area contributed by atoms with E-state index in [1.54, 1.807) is 14.2 Å². The van der Waals surface area contributed by atoms with Crippen LogP contribution in [0.5, 0.6) is 11.5 Å². The fourth-order valence-corrected chi connectivity index (χ4v) is 2.40. The summed E-state index contributed by atoms with van der Waals surface area (Å²) in [6.07, 6.45) is 2.14. The first-order valence-corrected chi connectivity index (χ1v) is 6.96. The van der Waals surface area contributed by atoms with Gasteiger partial charge in [0.05, 0.1) is 14.2 Å². The normalized spacial score (nSPS) is 11.2. The fraction of sp³-hybridized carbons (Fsp3) is 0.125. The van der Waals surface area contributed by atoms with Crippen molar-refractivity contribution in [3.05, 3.63) is 59.7 Å². The topological polar surface area (TPSA) is 18.5 Å². The number of benzene rings is 2. The van der Waals surface area contributed by atoms with Crippen LogP contribution in [0.4, 0.5) is 0 Å². The van der Waals surface area contributed by atoms with E-state index in [-0.39, 0.29) is 0 Å². The molecule has 2 rings (SSSR count). The molecule has 2 aromatic rings. The number of hydrogen-bond acceptors (Lipinski definition) is 2. The highest BCUT2D eigenvalue weighted by Gasteiger charge is 1.99. The Labute approximate surface area is 127 Å². The molecule has 0 bridgehead atoms. The minimum Gasteiger partial charge on any atom is -0.497 e. The molecule has 0 aliphatic heterocycles. The summed E-state index contributed by atoms with van der Waals surface area (Å²) in [5.41, 5.74) is 2.33. The summed E-state index contributed by atoms with van der Waals surface area (Å²) in [6.45, 7) is 0. The summed E-state index contributed by atoms with van der Waals surface area (Å²) in [5.74, 6) is 1.74. The van der Waals surface area contributed by atoms with E-state index >= 15 is 0 Å². The largest absolute Gasteiger partial charge is 0.497 e. The Morgan fingerprint density at radius 1 is 0.842 bits per heavy atom. The van der Waals surface area contributed by atoms with Gasteiger partial charge >= 0.3 is 0 Å². The lowest BCUT2D eigenvalue weighted by molar-refractivity contribution is 0.414. The van der Waals surface area contributed by atoms with E-state index in [9.17, 15) is 0 Å². The Balaban J connectivity index is 2.20. The van der Waals surface area contributed by atoms with Crippen molar-refractivity contribution >= 4 is 32.2 Å². The average molecular weight is 366 g/mol. The van der Waals surface area contributed by atoms with Gasteiger partial charge in [0.1, 0.15) is 11.5 Å². The first-order chi connectivity index (χ1) is 9.22. The Hall–Kier alpha value is -1.49. The van der Waals surface area contributed by atoms with Crippen molar-refractivity contribution in [1.29, 1.82) is 0 Å². The van der Waals surface area contributed by atoms with Crippen molar-refractivity contribution in [2.75, 3.05) is 14.2 Å². The van der Waals surface area contributed by atoms with Crippen LogP contribution in [0.2, 0.25) is 0 Å². The summed E-state index contributed by atoms with van der Waals surface area (Å²) in [7, 11) is 3.35. The van der Waals surface area contributed by atoms with Gasteiger partial charge in [-0.15, -0.1) is 0 Å². The van der Waals surface area contributed by atoms with E-state index in [0.29, 0.717) is 0 Å². The lowest BCUT2D eigenvalue weighted by atomic mass is 10.1. The predicted molar refractivity (Wildman–Crippen MR) is 87.9 cm³/mol. The van der Waals surface area contributed by atoms with Gasteiger partial charge in [0, 0.05) is 3.58 Å². The molecule has 0 saturated carbocycles. The zero-order chi connectivity index (χ0) is 13.7. The number of ether oxygens (including phenoxy) is 2. The van der Waals surface area contributed by atoms with Gasteiger partial charge in [0.2, 0.25) is 0 Å². The second kappa shape index (κ2) is 6.61. The van der Waals surface area contributed by atoms with E-state index < -0.39 is 0 Å².